The van der Waals surface area contributed by atoms with Gasteiger partial charge in [-0.15, -0.1) is 0 Å². The maximum Gasteiger partial charge on any atom is 0.257 e. The first kappa shape index (κ1) is 14.3. The van der Waals surface area contributed by atoms with E-state index in [0.717, 1.165) is 0 Å². The van der Waals surface area contributed by atoms with Gasteiger partial charge in [-0.1, -0.05) is 5.16 Å². The molecular formula is C14H14N4O3. The third-order valence-electron chi connectivity index (χ3n) is 2.55. The van der Waals surface area contributed by atoms with E-state index < -0.39 is 0 Å². The van der Waals surface area contributed by atoms with Crippen molar-refractivity contribution in [2.24, 2.45) is 10.9 Å². The van der Waals surface area contributed by atoms with Crippen molar-refractivity contribution < 1.29 is 14.7 Å². The van der Waals surface area contributed by atoms with Gasteiger partial charge in [0.25, 0.3) is 5.91 Å². The van der Waals surface area contributed by atoms with Gasteiger partial charge < -0.3 is 21.0 Å². The number of nitrogens with two attached hydrogens (primary N) is 1. The summed E-state index contributed by atoms with van der Waals surface area (Å²) >= 11 is 0. The van der Waals surface area contributed by atoms with E-state index in [4.69, 9.17) is 15.7 Å². The predicted octanol–water partition coefficient (Wildman–Crippen LogP) is 1.46. The fraction of sp³-hybridized carbons (Fsp3) is 0.0714. The third kappa shape index (κ3) is 4.20. The molecule has 1 aromatic heterocycles. The van der Waals surface area contributed by atoms with Crippen molar-refractivity contribution in [3.8, 4) is 5.75 Å². The minimum atomic E-state index is -0.242. The number of oxime groups is 1. The summed E-state index contributed by atoms with van der Waals surface area (Å²) < 4.78 is 5.26. The molecule has 0 aliphatic rings. The molecule has 0 aliphatic carbocycles. The Kier molecular flexibility index (Phi) is 4.70. The number of hydrogen-bond donors (Lipinski definition) is 3. The highest BCUT2D eigenvalue weighted by atomic mass is 16.5. The highest BCUT2D eigenvalue weighted by Gasteiger charge is 2.05. The van der Waals surface area contributed by atoms with Crippen molar-refractivity contribution in [1.29, 1.82) is 0 Å². The normalized spacial score (nSPS) is 11.0. The number of rotatable bonds is 5. The van der Waals surface area contributed by atoms with Gasteiger partial charge in [0.2, 0.25) is 0 Å². The number of carbonyl (C=O) groups excluding carboxylic acids is 1. The number of nitrogens with zero attached hydrogens (tertiary/aromatic N) is 2. The molecular weight excluding hydrogens is 272 g/mol. The van der Waals surface area contributed by atoms with E-state index in [1.54, 1.807) is 42.6 Å². The molecule has 0 unspecified atom stereocenters. The second kappa shape index (κ2) is 6.90. The maximum absolute atomic E-state index is 11.9. The van der Waals surface area contributed by atoms with Gasteiger partial charge in [-0.25, -0.2) is 0 Å². The van der Waals surface area contributed by atoms with Crippen LogP contribution in [0.5, 0.6) is 5.75 Å². The number of ether oxygens (including phenoxy) is 1. The van der Waals surface area contributed by atoms with Crippen LogP contribution in [0.3, 0.4) is 0 Å². The maximum atomic E-state index is 11.9. The predicted molar refractivity (Wildman–Crippen MR) is 77.5 cm³/mol. The van der Waals surface area contributed by atoms with Crippen LogP contribution in [0, 0.1) is 0 Å². The lowest BCUT2D eigenvalue weighted by molar-refractivity contribution is 0.102. The Hall–Kier alpha value is -3.09. The van der Waals surface area contributed by atoms with Crippen molar-refractivity contribution in [2.45, 2.75) is 0 Å². The quantitative estimate of drug-likeness (QED) is 0.333. The molecule has 4 N–H and O–H groups in total. The van der Waals surface area contributed by atoms with Crippen molar-refractivity contribution in [2.75, 3.05) is 11.9 Å². The summed E-state index contributed by atoms with van der Waals surface area (Å²) in [6, 6.07) is 10.1. The van der Waals surface area contributed by atoms with Gasteiger partial charge in [-0.2, -0.15) is 0 Å². The molecule has 2 aromatic rings. The highest BCUT2D eigenvalue weighted by molar-refractivity contribution is 6.04. The summed E-state index contributed by atoms with van der Waals surface area (Å²) in [4.78, 5) is 15.8. The van der Waals surface area contributed by atoms with Gasteiger partial charge in [-0.3, -0.25) is 9.78 Å². The zero-order valence-corrected chi connectivity index (χ0v) is 11.1. The van der Waals surface area contributed by atoms with Crippen LogP contribution in [-0.4, -0.2) is 28.5 Å². The molecule has 1 heterocycles. The summed E-state index contributed by atoms with van der Waals surface area (Å²) in [5.41, 5.74) is 6.39. The van der Waals surface area contributed by atoms with Gasteiger partial charge in [-0.05, 0) is 36.4 Å². The third-order valence-corrected chi connectivity index (χ3v) is 2.55. The van der Waals surface area contributed by atoms with Crippen LogP contribution < -0.4 is 15.8 Å². The smallest absolute Gasteiger partial charge is 0.257 e. The lowest BCUT2D eigenvalue weighted by Gasteiger charge is -2.07. The number of benzene rings is 1. The standard InChI is InChI=1S/C14H14N4O3/c15-13(18-20)9-21-12-5-3-11(4-6-12)17-14(19)10-2-1-7-16-8-10/h1-8,20H,9H2,(H2,15,18)(H,17,19). The molecule has 2 rings (SSSR count). The minimum Gasteiger partial charge on any atom is -0.486 e. The highest BCUT2D eigenvalue weighted by Crippen LogP contribution is 2.16. The molecule has 7 heteroatoms. The molecule has 0 spiro atoms. The first-order chi connectivity index (χ1) is 10.2. The number of amidine groups is 1. The van der Waals surface area contributed by atoms with Crippen LogP contribution >= 0.6 is 0 Å². The number of aromatic nitrogens is 1. The molecule has 0 aliphatic heterocycles. The summed E-state index contributed by atoms with van der Waals surface area (Å²) in [6.07, 6.45) is 3.09. The van der Waals surface area contributed by atoms with Crippen molar-refractivity contribution >= 4 is 17.4 Å². The average Bonchev–Trinajstić information content (AvgIpc) is 2.54. The van der Waals surface area contributed by atoms with Crippen LogP contribution in [-0.2, 0) is 0 Å². The second-order valence-electron chi connectivity index (χ2n) is 4.10. The van der Waals surface area contributed by atoms with E-state index in [-0.39, 0.29) is 18.3 Å². The molecule has 1 amide bonds. The van der Waals surface area contributed by atoms with Crippen LogP contribution in [0.15, 0.2) is 53.9 Å². The fourth-order valence-electron chi connectivity index (χ4n) is 1.52. The Morgan fingerprint density at radius 2 is 2.10 bits per heavy atom. The Balaban J connectivity index is 1.95. The number of anilines is 1. The number of pyridine rings is 1. The second-order valence-corrected chi connectivity index (χ2v) is 4.10. The van der Waals surface area contributed by atoms with E-state index in [1.165, 1.54) is 6.20 Å². The number of carbonyl (C=O) groups is 1. The molecule has 0 saturated heterocycles. The molecule has 0 atom stereocenters. The van der Waals surface area contributed by atoms with Gasteiger partial charge in [0.1, 0.15) is 12.4 Å². The fourth-order valence-corrected chi connectivity index (χ4v) is 1.52. The van der Waals surface area contributed by atoms with Crippen LogP contribution in [0.4, 0.5) is 5.69 Å². The minimum absolute atomic E-state index is 0.0160. The van der Waals surface area contributed by atoms with Crippen molar-refractivity contribution in [3.63, 3.8) is 0 Å². The number of hydrogen-bond acceptors (Lipinski definition) is 5. The van der Waals surface area contributed by atoms with Gasteiger partial charge >= 0.3 is 0 Å². The first-order valence-electron chi connectivity index (χ1n) is 6.09. The molecule has 1 aromatic carbocycles. The topological polar surface area (TPSA) is 110 Å². The molecule has 0 fully saturated rings. The zero-order valence-electron chi connectivity index (χ0n) is 11.1. The van der Waals surface area contributed by atoms with Crippen molar-refractivity contribution in [3.05, 3.63) is 54.4 Å². The lowest BCUT2D eigenvalue weighted by Crippen LogP contribution is -2.20. The van der Waals surface area contributed by atoms with Crippen LogP contribution in [0.2, 0.25) is 0 Å². The largest absolute Gasteiger partial charge is 0.486 e. The van der Waals surface area contributed by atoms with Gasteiger partial charge in [0.05, 0.1) is 5.56 Å². The SMILES string of the molecule is N/C(COc1ccc(NC(=O)c2cccnc2)cc1)=N\O. The summed E-state index contributed by atoms with van der Waals surface area (Å²) in [7, 11) is 0. The van der Waals surface area contributed by atoms with Crippen molar-refractivity contribution in [1.82, 2.24) is 4.98 Å². The number of nitrogens with one attached hydrogen (secondary N) is 1. The summed E-state index contributed by atoms with van der Waals surface area (Å²) in [6.45, 7) is -0.0160. The average molecular weight is 286 g/mol. The first-order valence-corrected chi connectivity index (χ1v) is 6.09. The Morgan fingerprint density at radius 3 is 2.71 bits per heavy atom. The van der Waals surface area contributed by atoms with E-state index in [1.807, 2.05) is 0 Å². The molecule has 7 nitrogen and oxygen atoms in total. The zero-order chi connectivity index (χ0) is 15.1. The Labute approximate surface area is 121 Å². The molecule has 21 heavy (non-hydrogen) atoms. The molecule has 108 valence electrons. The summed E-state index contributed by atoms with van der Waals surface area (Å²) in [5.74, 6) is 0.276. The van der Waals surface area contributed by atoms with Crippen LogP contribution in [0.1, 0.15) is 10.4 Å². The van der Waals surface area contributed by atoms with E-state index >= 15 is 0 Å². The summed E-state index contributed by atoms with van der Waals surface area (Å²) in [5, 5.41) is 13.9. The Morgan fingerprint density at radius 1 is 1.33 bits per heavy atom. The molecule has 0 saturated carbocycles. The van der Waals surface area contributed by atoms with E-state index in [9.17, 15) is 4.79 Å². The van der Waals surface area contributed by atoms with Gasteiger partial charge in [0, 0.05) is 18.1 Å². The monoisotopic (exact) mass is 286 g/mol. The molecule has 0 radical (unpaired) electrons. The molecule has 0 bridgehead atoms. The van der Waals surface area contributed by atoms with E-state index in [2.05, 4.69) is 15.5 Å². The van der Waals surface area contributed by atoms with Crippen LogP contribution in [0.25, 0.3) is 0 Å². The van der Waals surface area contributed by atoms with Gasteiger partial charge in [0.15, 0.2) is 5.84 Å². The number of amides is 1. The Bertz CT molecular complexity index is 626. The lowest BCUT2D eigenvalue weighted by atomic mass is 10.2. The van der Waals surface area contributed by atoms with E-state index in [0.29, 0.717) is 17.0 Å².